The molecule has 0 aliphatic carbocycles. The van der Waals surface area contributed by atoms with Crippen molar-refractivity contribution in [3.8, 4) is 0 Å². The average Bonchev–Trinajstić information content (AvgIpc) is 2.62. The van der Waals surface area contributed by atoms with Gasteiger partial charge in [0.05, 0.1) is 16.2 Å². The highest BCUT2D eigenvalue weighted by Gasteiger charge is 2.20. The number of benzene rings is 2. The van der Waals surface area contributed by atoms with Crippen LogP contribution in [0.2, 0.25) is 0 Å². The predicted octanol–water partition coefficient (Wildman–Crippen LogP) is 4.05. The Bertz CT molecular complexity index is 1010. The highest BCUT2D eigenvalue weighted by atomic mass is 32.2. The summed E-state index contributed by atoms with van der Waals surface area (Å²) in [5, 5.41) is 3.65. The number of nitrogens with one attached hydrogen (secondary N) is 2. The number of hydrogen-bond donors (Lipinski definition) is 2. The highest BCUT2D eigenvalue weighted by Crippen LogP contribution is 2.25. The number of anilines is 1. The molecule has 5 nitrogen and oxygen atoms in total. The summed E-state index contributed by atoms with van der Waals surface area (Å²) in [6.45, 7) is 5.90. The van der Waals surface area contributed by atoms with Crippen molar-refractivity contribution >= 4 is 34.3 Å². The molecule has 3 aromatic rings. The molecule has 0 saturated carbocycles. The van der Waals surface area contributed by atoms with Crippen LogP contribution in [0.3, 0.4) is 0 Å². The first-order chi connectivity index (χ1) is 12.5. The molecule has 26 heavy (non-hydrogen) atoms. The Morgan fingerprint density at radius 3 is 2.77 bits per heavy atom. The van der Waals surface area contributed by atoms with E-state index in [0.717, 1.165) is 16.8 Å². The van der Waals surface area contributed by atoms with Gasteiger partial charge in [-0.2, -0.15) is 0 Å². The normalized spacial score (nSPS) is 12.1. The van der Waals surface area contributed by atoms with Crippen molar-refractivity contribution in [3.63, 3.8) is 0 Å². The molecule has 0 aliphatic rings. The van der Waals surface area contributed by atoms with Crippen LogP contribution in [0, 0.1) is 13.8 Å². The number of aryl methyl sites for hydroxylation is 2. The number of thioether (sulfide) groups is 1. The van der Waals surface area contributed by atoms with Gasteiger partial charge in [-0.05, 0) is 49.6 Å². The van der Waals surface area contributed by atoms with E-state index >= 15 is 0 Å². The van der Waals surface area contributed by atoms with Crippen LogP contribution in [0.5, 0.6) is 0 Å². The van der Waals surface area contributed by atoms with Crippen LogP contribution in [-0.2, 0) is 4.79 Å². The third-order valence-corrected chi connectivity index (χ3v) is 5.41. The molecule has 0 spiro atoms. The molecular weight excluding hydrogens is 346 g/mol. The molecule has 6 heteroatoms. The summed E-state index contributed by atoms with van der Waals surface area (Å²) in [6.07, 6.45) is 0.623. The molecule has 1 aromatic heterocycles. The van der Waals surface area contributed by atoms with Crippen molar-refractivity contribution < 1.29 is 4.79 Å². The van der Waals surface area contributed by atoms with Crippen molar-refractivity contribution in [1.29, 1.82) is 0 Å². The molecule has 0 aliphatic heterocycles. The fraction of sp³-hybridized carbons (Fsp3) is 0.250. The maximum Gasteiger partial charge on any atom is 0.259 e. The Morgan fingerprint density at radius 1 is 1.23 bits per heavy atom. The predicted molar refractivity (Wildman–Crippen MR) is 107 cm³/mol. The van der Waals surface area contributed by atoms with Gasteiger partial charge >= 0.3 is 0 Å². The molecule has 3 rings (SSSR count). The zero-order chi connectivity index (χ0) is 18.7. The fourth-order valence-corrected chi connectivity index (χ4v) is 3.57. The number of aromatic nitrogens is 2. The number of aromatic amines is 1. The van der Waals surface area contributed by atoms with Gasteiger partial charge in [-0.1, -0.05) is 43.0 Å². The Hall–Kier alpha value is -2.60. The summed E-state index contributed by atoms with van der Waals surface area (Å²) in [6, 6.07) is 13.1. The van der Waals surface area contributed by atoms with Crippen LogP contribution in [-0.4, -0.2) is 21.1 Å². The molecule has 0 fully saturated rings. The van der Waals surface area contributed by atoms with Gasteiger partial charge < -0.3 is 10.3 Å². The molecular formula is C20H21N3O2S. The maximum atomic E-state index is 12.7. The molecule has 1 atom stereocenters. The minimum Gasteiger partial charge on any atom is -0.325 e. The zero-order valence-electron chi connectivity index (χ0n) is 15.0. The third-order valence-electron chi connectivity index (χ3n) is 4.16. The number of amides is 1. The largest absolute Gasteiger partial charge is 0.325 e. The van der Waals surface area contributed by atoms with E-state index in [9.17, 15) is 9.59 Å². The zero-order valence-corrected chi connectivity index (χ0v) is 15.8. The summed E-state index contributed by atoms with van der Waals surface area (Å²) in [7, 11) is 0. The SMILES string of the molecule is CCC(Sc1nc2ccccc2c(=O)[nH]1)C(=O)Nc1cc(C)ccc1C. The highest BCUT2D eigenvalue weighted by molar-refractivity contribution is 8.00. The van der Waals surface area contributed by atoms with E-state index in [1.54, 1.807) is 18.2 Å². The topological polar surface area (TPSA) is 74.8 Å². The molecule has 1 amide bonds. The summed E-state index contributed by atoms with van der Waals surface area (Å²) in [5.41, 5.74) is 3.36. The lowest BCUT2D eigenvalue weighted by atomic mass is 10.1. The van der Waals surface area contributed by atoms with Crippen molar-refractivity contribution in [2.75, 3.05) is 5.32 Å². The fourth-order valence-electron chi connectivity index (χ4n) is 2.66. The van der Waals surface area contributed by atoms with E-state index < -0.39 is 0 Å². The smallest absolute Gasteiger partial charge is 0.259 e. The first-order valence-corrected chi connectivity index (χ1v) is 9.39. The summed E-state index contributed by atoms with van der Waals surface area (Å²) in [4.78, 5) is 32.2. The van der Waals surface area contributed by atoms with E-state index in [1.807, 2.05) is 45.0 Å². The van der Waals surface area contributed by atoms with E-state index in [4.69, 9.17) is 0 Å². The number of carbonyl (C=O) groups is 1. The first kappa shape index (κ1) is 18.2. The molecule has 134 valence electrons. The second-order valence-corrected chi connectivity index (χ2v) is 7.40. The van der Waals surface area contributed by atoms with Crippen LogP contribution in [0.4, 0.5) is 5.69 Å². The van der Waals surface area contributed by atoms with Crippen molar-refractivity contribution in [1.82, 2.24) is 9.97 Å². The lowest BCUT2D eigenvalue weighted by Crippen LogP contribution is -2.25. The van der Waals surface area contributed by atoms with Crippen molar-refractivity contribution in [2.24, 2.45) is 0 Å². The van der Waals surface area contributed by atoms with Crippen LogP contribution in [0.1, 0.15) is 24.5 Å². The maximum absolute atomic E-state index is 12.7. The van der Waals surface area contributed by atoms with Gasteiger partial charge in [0.15, 0.2) is 5.16 Å². The van der Waals surface area contributed by atoms with E-state index in [2.05, 4.69) is 15.3 Å². The number of H-pyrrole nitrogens is 1. The van der Waals surface area contributed by atoms with E-state index in [0.29, 0.717) is 22.5 Å². The second-order valence-electron chi connectivity index (χ2n) is 6.21. The van der Waals surface area contributed by atoms with Gasteiger partial charge in [-0.3, -0.25) is 9.59 Å². The van der Waals surface area contributed by atoms with Crippen LogP contribution < -0.4 is 10.9 Å². The van der Waals surface area contributed by atoms with Gasteiger partial charge in [0.1, 0.15) is 0 Å². The Morgan fingerprint density at radius 2 is 2.00 bits per heavy atom. The van der Waals surface area contributed by atoms with Gasteiger partial charge in [0, 0.05) is 5.69 Å². The number of hydrogen-bond acceptors (Lipinski definition) is 4. The quantitative estimate of drug-likeness (QED) is 0.527. The molecule has 2 aromatic carbocycles. The Labute approximate surface area is 156 Å². The van der Waals surface area contributed by atoms with Crippen LogP contribution in [0.15, 0.2) is 52.4 Å². The van der Waals surface area contributed by atoms with Crippen LogP contribution in [0.25, 0.3) is 10.9 Å². The van der Waals surface area contributed by atoms with Crippen molar-refractivity contribution in [2.45, 2.75) is 37.6 Å². The number of fused-ring (bicyclic) bond motifs is 1. The minimum absolute atomic E-state index is 0.0954. The number of carbonyl (C=O) groups excluding carboxylic acids is 1. The third kappa shape index (κ3) is 3.96. The van der Waals surface area contributed by atoms with Gasteiger partial charge in [-0.15, -0.1) is 0 Å². The van der Waals surface area contributed by atoms with Crippen LogP contribution >= 0.6 is 11.8 Å². The minimum atomic E-state index is -0.348. The molecule has 0 bridgehead atoms. The molecule has 0 radical (unpaired) electrons. The van der Waals surface area contributed by atoms with Crippen molar-refractivity contribution in [3.05, 3.63) is 63.9 Å². The van der Waals surface area contributed by atoms with Gasteiger partial charge in [-0.25, -0.2) is 4.98 Å². The summed E-state index contributed by atoms with van der Waals surface area (Å²) >= 11 is 1.28. The monoisotopic (exact) mass is 367 g/mol. The Balaban J connectivity index is 1.82. The van der Waals surface area contributed by atoms with E-state index in [1.165, 1.54) is 11.8 Å². The lowest BCUT2D eigenvalue weighted by molar-refractivity contribution is -0.115. The van der Waals surface area contributed by atoms with Gasteiger partial charge in [0.25, 0.3) is 5.56 Å². The Kier molecular flexibility index (Phi) is 5.42. The molecule has 0 saturated heterocycles. The number of rotatable bonds is 5. The summed E-state index contributed by atoms with van der Waals surface area (Å²) < 4.78 is 0. The molecule has 1 unspecified atom stereocenters. The van der Waals surface area contributed by atoms with Gasteiger partial charge in [0.2, 0.25) is 5.91 Å². The lowest BCUT2D eigenvalue weighted by Gasteiger charge is -2.16. The number of para-hydroxylation sites is 1. The second kappa shape index (κ2) is 7.74. The van der Waals surface area contributed by atoms with E-state index in [-0.39, 0.29) is 16.7 Å². The number of nitrogens with zero attached hydrogens (tertiary/aromatic N) is 1. The average molecular weight is 367 g/mol. The standard InChI is InChI=1S/C20H21N3O2S/c1-4-17(19(25)21-16-11-12(2)9-10-13(16)3)26-20-22-15-8-6-5-7-14(15)18(24)23-20/h5-11,17H,4H2,1-3H3,(H,21,25)(H,22,23,24). The molecule has 1 heterocycles. The first-order valence-electron chi connectivity index (χ1n) is 8.51. The summed E-state index contributed by atoms with van der Waals surface area (Å²) in [5.74, 6) is -0.0954. The molecule has 2 N–H and O–H groups in total.